The predicted molar refractivity (Wildman–Crippen MR) is 112 cm³/mol. The number of aliphatic hydroxyl groups is 1. The number of Topliss-reactive ketones (excluding diaryl/α,β-unsaturated/α-hetero) is 1. The van der Waals surface area contributed by atoms with Gasteiger partial charge in [-0.05, 0) is 81.7 Å². The molecular formula is C22H25FN2O3S. The molecule has 5 nitrogen and oxygen atoms in total. The first-order valence-electron chi connectivity index (χ1n) is 9.46. The quantitative estimate of drug-likeness (QED) is 0.441. The van der Waals surface area contributed by atoms with Gasteiger partial charge in [0.05, 0.1) is 11.6 Å². The van der Waals surface area contributed by atoms with E-state index in [4.69, 9.17) is 0 Å². The molecule has 2 aromatic rings. The van der Waals surface area contributed by atoms with Gasteiger partial charge in [0.2, 0.25) is 0 Å². The summed E-state index contributed by atoms with van der Waals surface area (Å²) in [7, 11) is 3.90. The van der Waals surface area contributed by atoms with Crippen molar-refractivity contribution in [2.24, 2.45) is 0 Å². The molecule has 0 bridgehead atoms. The molecule has 1 aromatic heterocycles. The van der Waals surface area contributed by atoms with E-state index in [1.807, 2.05) is 37.4 Å². The number of halogens is 1. The van der Waals surface area contributed by atoms with Crippen LogP contribution in [0.2, 0.25) is 0 Å². The molecule has 1 unspecified atom stereocenters. The van der Waals surface area contributed by atoms with Gasteiger partial charge in [-0.15, -0.1) is 11.3 Å². The van der Waals surface area contributed by atoms with Crippen LogP contribution in [0.15, 0.2) is 35.2 Å². The predicted octanol–water partition coefficient (Wildman–Crippen LogP) is 3.88. The molecule has 1 atom stereocenters. The van der Waals surface area contributed by atoms with Gasteiger partial charge in [0, 0.05) is 17.0 Å². The van der Waals surface area contributed by atoms with Gasteiger partial charge >= 0.3 is 0 Å². The number of amides is 1. The maximum atomic E-state index is 13.7. The zero-order valence-electron chi connectivity index (χ0n) is 17.0. The fourth-order valence-corrected chi connectivity index (χ4v) is 4.60. The molecule has 1 N–H and O–H groups in total. The van der Waals surface area contributed by atoms with Crippen molar-refractivity contribution < 1.29 is 19.1 Å². The molecule has 3 rings (SSSR count). The minimum absolute atomic E-state index is 0.0661. The summed E-state index contributed by atoms with van der Waals surface area (Å²) >= 11 is 1.45. The van der Waals surface area contributed by atoms with Gasteiger partial charge in [-0.1, -0.05) is 0 Å². The van der Waals surface area contributed by atoms with Crippen molar-refractivity contribution in [3.8, 4) is 0 Å². The molecule has 29 heavy (non-hydrogen) atoms. The molecule has 1 fully saturated rings. The Balaban J connectivity index is 2.10. The second kappa shape index (κ2) is 8.47. The van der Waals surface area contributed by atoms with E-state index in [2.05, 4.69) is 0 Å². The molecule has 1 aliphatic rings. The first-order valence-corrected chi connectivity index (χ1v) is 10.3. The lowest BCUT2D eigenvalue weighted by Crippen LogP contribution is -2.32. The van der Waals surface area contributed by atoms with E-state index in [1.165, 1.54) is 29.5 Å². The highest BCUT2D eigenvalue weighted by molar-refractivity contribution is 7.10. The van der Waals surface area contributed by atoms with Crippen LogP contribution < -0.4 is 0 Å². The number of ketones is 1. The Kier molecular flexibility index (Phi) is 6.19. The summed E-state index contributed by atoms with van der Waals surface area (Å²) in [4.78, 5) is 30.2. The fraction of sp³-hybridized carbons (Fsp3) is 0.364. The molecule has 1 aromatic carbocycles. The summed E-state index contributed by atoms with van der Waals surface area (Å²) in [6.45, 7) is 4.70. The maximum Gasteiger partial charge on any atom is 0.295 e. The van der Waals surface area contributed by atoms with Crippen LogP contribution in [-0.2, 0) is 9.59 Å². The third kappa shape index (κ3) is 4.11. The lowest BCUT2D eigenvalue weighted by molar-refractivity contribution is -0.139. The van der Waals surface area contributed by atoms with Crippen LogP contribution in [0.1, 0.15) is 34.0 Å². The monoisotopic (exact) mass is 416 g/mol. The minimum atomic E-state index is -0.702. The third-order valence-corrected chi connectivity index (χ3v) is 6.20. The van der Waals surface area contributed by atoms with Gasteiger partial charge in [-0.25, -0.2) is 4.39 Å². The summed E-state index contributed by atoms with van der Waals surface area (Å²) in [5, 5.41) is 12.9. The number of hydrogen-bond acceptors (Lipinski definition) is 5. The lowest BCUT2D eigenvalue weighted by Gasteiger charge is -2.25. The summed E-state index contributed by atoms with van der Waals surface area (Å²) in [6, 6.07) is 5.46. The number of hydrogen-bond donors (Lipinski definition) is 1. The Labute approximate surface area is 174 Å². The highest BCUT2D eigenvalue weighted by Crippen LogP contribution is 2.42. The highest BCUT2D eigenvalue weighted by Gasteiger charge is 2.46. The number of rotatable bonds is 6. The topological polar surface area (TPSA) is 60.9 Å². The van der Waals surface area contributed by atoms with Crippen molar-refractivity contribution in [2.75, 3.05) is 27.2 Å². The zero-order chi connectivity index (χ0) is 21.3. The number of nitrogens with zero attached hydrogens (tertiary/aromatic N) is 2. The second-order valence-corrected chi connectivity index (χ2v) is 8.53. The van der Waals surface area contributed by atoms with Crippen LogP contribution in [-0.4, -0.2) is 53.8 Å². The van der Waals surface area contributed by atoms with Gasteiger partial charge in [0.1, 0.15) is 11.6 Å². The zero-order valence-corrected chi connectivity index (χ0v) is 17.8. The average molecular weight is 417 g/mol. The van der Waals surface area contributed by atoms with Crippen LogP contribution in [0.25, 0.3) is 5.76 Å². The summed E-state index contributed by atoms with van der Waals surface area (Å²) in [5.74, 6) is -1.97. The largest absolute Gasteiger partial charge is 0.507 e. The molecule has 1 amide bonds. The molecule has 1 saturated heterocycles. The molecule has 7 heteroatoms. The van der Waals surface area contributed by atoms with Crippen LogP contribution in [0, 0.1) is 19.7 Å². The number of thiophene rings is 1. The first-order chi connectivity index (χ1) is 13.7. The summed E-state index contributed by atoms with van der Waals surface area (Å²) < 4.78 is 13.7. The lowest BCUT2D eigenvalue weighted by atomic mass is 9.97. The number of aryl methyl sites for hydroxylation is 2. The molecular weight excluding hydrogens is 391 g/mol. The van der Waals surface area contributed by atoms with Crippen molar-refractivity contribution in [2.45, 2.75) is 26.3 Å². The Morgan fingerprint density at radius 3 is 2.52 bits per heavy atom. The molecule has 154 valence electrons. The number of likely N-dealkylation sites (tertiary alicyclic amines) is 1. The molecule has 0 aliphatic carbocycles. The van der Waals surface area contributed by atoms with E-state index in [0.29, 0.717) is 24.1 Å². The number of aliphatic hydroxyl groups excluding tert-OH is 1. The van der Waals surface area contributed by atoms with E-state index >= 15 is 0 Å². The van der Waals surface area contributed by atoms with Gasteiger partial charge < -0.3 is 14.9 Å². The standard InChI is InChI=1S/C22H25FN2O3S/c1-13-8-11-29-21(13)18-17(19(26)15-6-7-16(23)14(2)12-15)20(27)22(28)25(18)10-5-9-24(3)4/h6-8,11-12,18,26H,5,9-10H2,1-4H3/b19-17-. The van der Waals surface area contributed by atoms with E-state index in [0.717, 1.165) is 17.0 Å². The molecule has 0 spiro atoms. The van der Waals surface area contributed by atoms with Crippen LogP contribution >= 0.6 is 11.3 Å². The van der Waals surface area contributed by atoms with Crippen LogP contribution in [0.5, 0.6) is 0 Å². The van der Waals surface area contributed by atoms with Gasteiger partial charge in [-0.2, -0.15) is 0 Å². The molecule has 1 aliphatic heterocycles. The van der Waals surface area contributed by atoms with Gasteiger partial charge in [0.25, 0.3) is 11.7 Å². The number of benzene rings is 1. The Hall–Kier alpha value is -2.51. The van der Waals surface area contributed by atoms with Gasteiger partial charge in [-0.3, -0.25) is 9.59 Å². The molecule has 0 radical (unpaired) electrons. The van der Waals surface area contributed by atoms with E-state index in [9.17, 15) is 19.1 Å². The second-order valence-electron chi connectivity index (χ2n) is 7.58. The SMILES string of the molecule is Cc1cc(/C(O)=C2/C(=O)C(=O)N(CCCN(C)C)C2c2sccc2C)ccc1F. The van der Waals surface area contributed by atoms with Crippen LogP contribution in [0.4, 0.5) is 4.39 Å². The maximum absolute atomic E-state index is 13.7. The van der Waals surface area contributed by atoms with Crippen LogP contribution in [0.3, 0.4) is 0 Å². The Morgan fingerprint density at radius 2 is 1.93 bits per heavy atom. The Bertz CT molecular complexity index is 980. The summed E-state index contributed by atoms with van der Waals surface area (Å²) in [5.41, 5.74) is 1.71. The smallest absolute Gasteiger partial charge is 0.295 e. The van der Waals surface area contributed by atoms with Crippen molar-refractivity contribution in [1.82, 2.24) is 9.80 Å². The van der Waals surface area contributed by atoms with Crippen molar-refractivity contribution in [3.63, 3.8) is 0 Å². The number of carbonyl (C=O) groups is 2. The molecule has 2 heterocycles. The Morgan fingerprint density at radius 1 is 1.21 bits per heavy atom. The van der Waals surface area contributed by atoms with Crippen molar-refractivity contribution in [1.29, 1.82) is 0 Å². The van der Waals surface area contributed by atoms with E-state index < -0.39 is 23.5 Å². The van der Waals surface area contributed by atoms with E-state index in [-0.39, 0.29) is 11.3 Å². The minimum Gasteiger partial charge on any atom is -0.507 e. The summed E-state index contributed by atoms with van der Waals surface area (Å²) in [6.07, 6.45) is 0.705. The highest BCUT2D eigenvalue weighted by atomic mass is 32.1. The first kappa shape index (κ1) is 21.2. The van der Waals surface area contributed by atoms with Gasteiger partial charge in [0.15, 0.2) is 0 Å². The van der Waals surface area contributed by atoms with Crippen molar-refractivity contribution >= 4 is 28.8 Å². The average Bonchev–Trinajstić information content (AvgIpc) is 3.19. The third-order valence-electron chi connectivity index (χ3n) is 5.13. The number of carbonyl (C=O) groups excluding carboxylic acids is 2. The fourth-order valence-electron chi connectivity index (χ4n) is 3.55. The normalized spacial score (nSPS) is 18.8. The van der Waals surface area contributed by atoms with Crippen molar-refractivity contribution in [3.05, 3.63) is 62.6 Å². The molecule has 0 saturated carbocycles. The van der Waals surface area contributed by atoms with E-state index in [1.54, 1.807) is 11.8 Å².